The molecule has 0 radical (unpaired) electrons. The SMILES string of the molecule is C=CC(=O)Oc1ccc(-c2ccc(/C=C/C(=O)c3ccc(OCCCCOC(=O)C(=C)CC(=O)OC)cc3)cc2)cc1. The van der Waals surface area contributed by atoms with Crippen LogP contribution in [0.3, 0.4) is 0 Å². The summed E-state index contributed by atoms with van der Waals surface area (Å²) in [6, 6.07) is 21.8. The lowest BCUT2D eigenvalue weighted by atomic mass is 10.0. The van der Waals surface area contributed by atoms with E-state index in [1.807, 2.05) is 36.4 Å². The number of rotatable bonds is 15. The Kier molecular flexibility index (Phi) is 12.0. The van der Waals surface area contributed by atoms with Gasteiger partial charge in [0.05, 0.1) is 26.7 Å². The van der Waals surface area contributed by atoms with Crippen molar-refractivity contribution < 1.29 is 38.1 Å². The maximum Gasteiger partial charge on any atom is 0.335 e. The number of methoxy groups -OCH3 is 1. The molecule has 0 unspecified atom stereocenters. The zero-order valence-electron chi connectivity index (χ0n) is 23.4. The van der Waals surface area contributed by atoms with E-state index in [2.05, 4.69) is 17.9 Å². The first kappa shape index (κ1) is 31.3. The molecule has 42 heavy (non-hydrogen) atoms. The third-order valence-electron chi connectivity index (χ3n) is 5.96. The molecule has 0 aliphatic rings. The van der Waals surface area contributed by atoms with Gasteiger partial charge in [-0.3, -0.25) is 9.59 Å². The molecule has 0 atom stereocenters. The Hall–Kier alpha value is -5.24. The summed E-state index contributed by atoms with van der Waals surface area (Å²) in [5, 5.41) is 0. The minimum Gasteiger partial charge on any atom is -0.494 e. The van der Waals surface area contributed by atoms with E-state index in [-0.39, 0.29) is 24.4 Å². The highest BCUT2D eigenvalue weighted by atomic mass is 16.5. The van der Waals surface area contributed by atoms with E-state index >= 15 is 0 Å². The van der Waals surface area contributed by atoms with Gasteiger partial charge in [0.2, 0.25) is 0 Å². The van der Waals surface area contributed by atoms with Gasteiger partial charge in [0, 0.05) is 17.2 Å². The zero-order chi connectivity index (χ0) is 30.3. The smallest absolute Gasteiger partial charge is 0.335 e. The zero-order valence-corrected chi connectivity index (χ0v) is 23.4. The van der Waals surface area contributed by atoms with Gasteiger partial charge in [-0.25, -0.2) is 9.59 Å². The standard InChI is InChI=1S/C34H32O8/c1-4-32(36)42-30-18-12-27(13-19-30)26-10-7-25(8-11-26)9-20-31(35)28-14-16-29(17-15-28)40-21-5-6-22-41-34(38)24(2)23-33(37)39-3/h4,7-20H,1-2,5-6,21-23H2,3H3/b20-9+. The first-order valence-electron chi connectivity index (χ1n) is 13.2. The Morgan fingerprint density at radius 2 is 1.38 bits per heavy atom. The van der Waals surface area contributed by atoms with E-state index in [0.29, 0.717) is 36.5 Å². The second kappa shape index (κ2) is 16.1. The van der Waals surface area contributed by atoms with Crippen LogP contribution in [0, 0.1) is 0 Å². The van der Waals surface area contributed by atoms with Crippen LogP contribution in [-0.2, 0) is 23.9 Å². The summed E-state index contributed by atoms with van der Waals surface area (Å²) in [7, 11) is 1.24. The number of allylic oxidation sites excluding steroid dienone is 1. The van der Waals surface area contributed by atoms with Gasteiger partial charge >= 0.3 is 17.9 Å². The van der Waals surface area contributed by atoms with E-state index in [0.717, 1.165) is 22.8 Å². The summed E-state index contributed by atoms with van der Waals surface area (Å²) in [6.45, 7) is 7.51. The van der Waals surface area contributed by atoms with Gasteiger partial charge in [-0.2, -0.15) is 0 Å². The molecule has 0 aliphatic carbocycles. The van der Waals surface area contributed by atoms with Crippen molar-refractivity contribution >= 4 is 29.8 Å². The molecule has 8 heteroatoms. The van der Waals surface area contributed by atoms with Crippen molar-refractivity contribution in [1.82, 2.24) is 0 Å². The summed E-state index contributed by atoms with van der Waals surface area (Å²) < 4.78 is 20.4. The summed E-state index contributed by atoms with van der Waals surface area (Å²) in [5.41, 5.74) is 3.41. The molecule has 0 heterocycles. The third kappa shape index (κ3) is 10.1. The normalized spacial score (nSPS) is 10.5. The lowest BCUT2D eigenvalue weighted by molar-refractivity contribution is -0.144. The number of carbonyl (C=O) groups excluding carboxylic acids is 4. The van der Waals surface area contributed by atoms with Gasteiger partial charge in [0.1, 0.15) is 11.5 Å². The van der Waals surface area contributed by atoms with Crippen LogP contribution in [0.5, 0.6) is 11.5 Å². The lowest BCUT2D eigenvalue weighted by Crippen LogP contribution is -2.13. The van der Waals surface area contributed by atoms with Gasteiger partial charge < -0.3 is 18.9 Å². The van der Waals surface area contributed by atoms with Crippen molar-refractivity contribution in [2.24, 2.45) is 0 Å². The Labute approximate surface area is 244 Å². The number of carbonyl (C=O) groups is 4. The first-order valence-corrected chi connectivity index (χ1v) is 13.2. The average Bonchev–Trinajstić information content (AvgIpc) is 3.02. The monoisotopic (exact) mass is 568 g/mol. The molecule has 8 nitrogen and oxygen atoms in total. The summed E-state index contributed by atoms with van der Waals surface area (Å²) in [4.78, 5) is 46.9. The molecule has 3 rings (SSSR count). The second-order valence-electron chi connectivity index (χ2n) is 9.04. The highest BCUT2D eigenvalue weighted by molar-refractivity contribution is 6.06. The van der Waals surface area contributed by atoms with Crippen LogP contribution < -0.4 is 9.47 Å². The fraction of sp³-hybridized carbons (Fsp3) is 0.176. The number of ketones is 1. The minimum absolute atomic E-state index is 0.0507. The first-order chi connectivity index (χ1) is 20.3. The summed E-state index contributed by atoms with van der Waals surface area (Å²) in [6.07, 6.45) is 5.42. The van der Waals surface area contributed by atoms with Crippen molar-refractivity contribution in [2.45, 2.75) is 19.3 Å². The van der Waals surface area contributed by atoms with Crippen LogP contribution in [0.25, 0.3) is 17.2 Å². The minimum atomic E-state index is -0.620. The molecule has 216 valence electrons. The van der Waals surface area contributed by atoms with Crippen LogP contribution in [0.1, 0.15) is 35.2 Å². The molecule has 0 amide bonds. The Bertz CT molecular complexity index is 1430. The molecule has 0 saturated carbocycles. The number of hydrogen-bond donors (Lipinski definition) is 0. The maximum atomic E-state index is 12.6. The van der Waals surface area contributed by atoms with Crippen LogP contribution >= 0.6 is 0 Å². The summed E-state index contributed by atoms with van der Waals surface area (Å²) >= 11 is 0. The molecule has 0 spiro atoms. The molecule has 3 aromatic carbocycles. The molecule has 0 aromatic heterocycles. The van der Waals surface area contributed by atoms with Gasteiger partial charge in [0.25, 0.3) is 0 Å². The Morgan fingerprint density at radius 3 is 2.00 bits per heavy atom. The highest BCUT2D eigenvalue weighted by Gasteiger charge is 2.13. The largest absolute Gasteiger partial charge is 0.494 e. The van der Waals surface area contributed by atoms with Crippen molar-refractivity contribution in [3.05, 3.63) is 115 Å². The fourth-order valence-electron chi connectivity index (χ4n) is 3.62. The molecule has 0 N–H and O–H groups in total. The lowest BCUT2D eigenvalue weighted by Gasteiger charge is -2.08. The van der Waals surface area contributed by atoms with E-state index in [4.69, 9.17) is 14.2 Å². The molecule has 0 aliphatic heterocycles. The number of ether oxygens (including phenoxy) is 4. The van der Waals surface area contributed by atoms with Crippen molar-refractivity contribution in [1.29, 1.82) is 0 Å². The molecular formula is C34H32O8. The van der Waals surface area contributed by atoms with E-state index in [1.54, 1.807) is 42.5 Å². The summed E-state index contributed by atoms with van der Waals surface area (Å²) in [5.74, 6) is -0.738. The van der Waals surface area contributed by atoms with Crippen LogP contribution in [0.2, 0.25) is 0 Å². The van der Waals surface area contributed by atoms with Crippen LogP contribution in [0.15, 0.2) is 104 Å². The highest BCUT2D eigenvalue weighted by Crippen LogP contribution is 2.23. The van der Waals surface area contributed by atoms with Crippen LogP contribution in [0.4, 0.5) is 0 Å². The maximum absolute atomic E-state index is 12.6. The predicted octanol–water partition coefficient (Wildman–Crippen LogP) is 6.16. The van der Waals surface area contributed by atoms with E-state index in [1.165, 1.54) is 13.2 Å². The van der Waals surface area contributed by atoms with Crippen molar-refractivity contribution in [2.75, 3.05) is 20.3 Å². The second-order valence-corrected chi connectivity index (χ2v) is 9.04. The number of benzene rings is 3. The molecule has 0 saturated heterocycles. The van der Waals surface area contributed by atoms with Crippen molar-refractivity contribution in [3.8, 4) is 22.6 Å². The molecule has 3 aromatic rings. The van der Waals surface area contributed by atoms with Gasteiger partial charge in [-0.05, 0) is 72.0 Å². The Balaban J connectivity index is 1.40. The number of unbranched alkanes of at least 4 members (excludes halogenated alkanes) is 1. The molecule has 0 bridgehead atoms. The van der Waals surface area contributed by atoms with Gasteiger partial charge in [-0.1, -0.05) is 55.6 Å². The van der Waals surface area contributed by atoms with E-state index < -0.39 is 17.9 Å². The molecule has 0 fully saturated rings. The van der Waals surface area contributed by atoms with Gasteiger partial charge in [0.15, 0.2) is 5.78 Å². The predicted molar refractivity (Wildman–Crippen MR) is 159 cm³/mol. The quantitative estimate of drug-likeness (QED) is 0.0706. The number of hydrogen-bond acceptors (Lipinski definition) is 8. The van der Waals surface area contributed by atoms with Crippen LogP contribution in [-0.4, -0.2) is 44.0 Å². The van der Waals surface area contributed by atoms with Crippen molar-refractivity contribution in [3.63, 3.8) is 0 Å². The fourth-order valence-corrected chi connectivity index (χ4v) is 3.62. The Morgan fingerprint density at radius 1 is 0.786 bits per heavy atom. The van der Waals surface area contributed by atoms with Gasteiger partial charge in [-0.15, -0.1) is 0 Å². The number of esters is 3. The average molecular weight is 569 g/mol. The van der Waals surface area contributed by atoms with E-state index in [9.17, 15) is 19.2 Å². The topological polar surface area (TPSA) is 105 Å². The third-order valence-corrected chi connectivity index (χ3v) is 5.96. The molecular weight excluding hydrogens is 536 g/mol.